The molecule has 0 atom stereocenters. The summed E-state index contributed by atoms with van der Waals surface area (Å²) >= 11 is 0. The van der Waals surface area contributed by atoms with Gasteiger partial charge in [0.25, 0.3) is 0 Å². The molecular weight excluding hydrogens is 360 g/mol. The number of anilines is 1. The maximum atomic E-state index is 12.2. The average molecular weight is 389 g/mol. The standard InChI is InChI=1S/C20H28N4O2S/c1-14(2)24-27(25,26)13-18-8-6-5-7-17(18)12-22-20(21)23-19-10-15(3)9-16(4)11-19/h5-11,14,24H,12-13H2,1-4H3,(H3,21,22,23). The maximum Gasteiger partial charge on any atom is 0.216 e. The first-order chi connectivity index (χ1) is 12.6. The van der Waals surface area contributed by atoms with Gasteiger partial charge >= 0.3 is 0 Å². The molecule has 0 unspecified atom stereocenters. The average Bonchev–Trinajstić information content (AvgIpc) is 2.51. The highest BCUT2D eigenvalue weighted by atomic mass is 32.2. The van der Waals surface area contributed by atoms with E-state index < -0.39 is 10.0 Å². The molecule has 0 aliphatic heterocycles. The van der Waals surface area contributed by atoms with Crippen molar-refractivity contribution in [1.29, 1.82) is 0 Å². The third-order valence-corrected chi connectivity index (χ3v) is 5.31. The Balaban J connectivity index is 2.12. The minimum absolute atomic E-state index is 0.0821. The first-order valence-corrected chi connectivity index (χ1v) is 10.5. The topological polar surface area (TPSA) is 96.6 Å². The number of sulfonamides is 1. The molecule has 0 heterocycles. The molecule has 27 heavy (non-hydrogen) atoms. The maximum absolute atomic E-state index is 12.2. The molecule has 0 radical (unpaired) electrons. The second kappa shape index (κ2) is 9.01. The number of aliphatic imine (C=N–C) groups is 1. The Morgan fingerprint density at radius 3 is 2.26 bits per heavy atom. The summed E-state index contributed by atoms with van der Waals surface area (Å²) in [7, 11) is -3.40. The fourth-order valence-corrected chi connectivity index (χ4v) is 4.36. The van der Waals surface area contributed by atoms with Gasteiger partial charge in [0.2, 0.25) is 10.0 Å². The fraction of sp³-hybridized carbons (Fsp3) is 0.350. The van der Waals surface area contributed by atoms with Crippen molar-refractivity contribution in [3.05, 3.63) is 64.7 Å². The summed E-state index contributed by atoms with van der Waals surface area (Å²) in [6, 6.07) is 13.3. The minimum atomic E-state index is -3.40. The Kier molecular flexibility index (Phi) is 6.98. The fourth-order valence-electron chi connectivity index (χ4n) is 2.86. The summed E-state index contributed by atoms with van der Waals surface area (Å²) < 4.78 is 27.0. The Labute approximate surface area is 162 Å². The van der Waals surface area contributed by atoms with Gasteiger partial charge in [-0.1, -0.05) is 30.3 Å². The van der Waals surface area contributed by atoms with Gasteiger partial charge < -0.3 is 11.1 Å². The number of hydrogen-bond donors (Lipinski definition) is 3. The number of nitrogens with zero attached hydrogens (tertiary/aromatic N) is 1. The van der Waals surface area contributed by atoms with Gasteiger partial charge in [-0.2, -0.15) is 0 Å². The van der Waals surface area contributed by atoms with Crippen LogP contribution in [0.3, 0.4) is 0 Å². The molecule has 0 saturated heterocycles. The Bertz CT molecular complexity index is 901. The number of aryl methyl sites for hydroxylation is 2. The number of benzene rings is 2. The van der Waals surface area contributed by atoms with Gasteiger partial charge in [-0.05, 0) is 62.1 Å². The molecule has 0 aliphatic carbocycles. The predicted octanol–water partition coefficient (Wildman–Crippen LogP) is 3.06. The molecule has 146 valence electrons. The first kappa shape index (κ1) is 20.9. The highest BCUT2D eigenvalue weighted by Crippen LogP contribution is 2.15. The highest BCUT2D eigenvalue weighted by molar-refractivity contribution is 7.88. The van der Waals surface area contributed by atoms with Crippen molar-refractivity contribution in [1.82, 2.24) is 4.72 Å². The lowest BCUT2D eigenvalue weighted by molar-refractivity contribution is 0.569. The lowest BCUT2D eigenvalue weighted by atomic mass is 10.1. The summed E-state index contributed by atoms with van der Waals surface area (Å²) in [6.45, 7) is 7.94. The van der Waals surface area contributed by atoms with Crippen LogP contribution < -0.4 is 15.8 Å². The zero-order chi connectivity index (χ0) is 20.0. The van der Waals surface area contributed by atoms with Crippen molar-refractivity contribution in [3.8, 4) is 0 Å². The molecule has 0 saturated carbocycles. The van der Waals surface area contributed by atoms with Gasteiger partial charge in [0, 0.05) is 11.7 Å². The van der Waals surface area contributed by atoms with Crippen molar-refractivity contribution >= 4 is 21.7 Å². The third kappa shape index (κ3) is 7.03. The number of guanidine groups is 1. The van der Waals surface area contributed by atoms with Crippen molar-refractivity contribution < 1.29 is 8.42 Å². The summed E-state index contributed by atoms with van der Waals surface area (Å²) in [5, 5.41) is 3.08. The smallest absolute Gasteiger partial charge is 0.216 e. The molecule has 7 heteroatoms. The van der Waals surface area contributed by atoms with E-state index in [-0.39, 0.29) is 17.8 Å². The van der Waals surface area contributed by atoms with Gasteiger partial charge in [-0.15, -0.1) is 0 Å². The largest absolute Gasteiger partial charge is 0.370 e. The molecule has 6 nitrogen and oxygen atoms in total. The lowest BCUT2D eigenvalue weighted by Crippen LogP contribution is -2.31. The van der Waals surface area contributed by atoms with E-state index in [4.69, 9.17) is 5.73 Å². The number of hydrogen-bond acceptors (Lipinski definition) is 3. The SMILES string of the molecule is Cc1cc(C)cc(NC(N)=NCc2ccccc2CS(=O)(=O)NC(C)C)c1. The van der Waals surface area contributed by atoms with Crippen molar-refractivity contribution in [2.45, 2.75) is 46.0 Å². The molecule has 2 rings (SSSR count). The van der Waals surface area contributed by atoms with E-state index in [0.29, 0.717) is 12.1 Å². The second-order valence-corrected chi connectivity index (χ2v) is 8.76. The summed E-state index contributed by atoms with van der Waals surface area (Å²) in [6.07, 6.45) is 0. The van der Waals surface area contributed by atoms with Crippen LogP contribution in [0.2, 0.25) is 0 Å². The van der Waals surface area contributed by atoms with Crippen LogP contribution in [-0.2, 0) is 22.3 Å². The van der Waals surface area contributed by atoms with E-state index in [0.717, 1.165) is 22.4 Å². The molecule has 0 amide bonds. The zero-order valence-electron chi connectivity index (χ0n) is 16.3. The summed E-state index contributed by atoms with van der Waals surface area (Å²) in [5.74, 6) is 0.208. The van der Waals surface area contributed by atoms with Crippen LogP contribution in [0.5, 0.6) is 0 Å². The lowest BCUT2D eigenvalue weighted by Gasteiger charge is -2.12. The molecule has 0 spiro atoms. The summed E-state index contributed by atoms with van der Waals surface area (Å²) in [5.41, 5.74) is 10.7. The number of nitrogens with one attached hydrogen (secondary N) is 2. The van der Waals surface area contributed by atoms with E-state index in [2.05, 4.69) is 21.1 Å². The molecular formula is C20H28N4O2S. The van der Waals surface area contributed by atoms with E-state index in [1.54, 1.807) is 19.9 Å². The predicted molar refractivity (Wildman–Crippen MR) is 112 cm³/mol. The van der Waals surface area contributed by atoms with Crippen LogP contribution >= 0.6 is 0 Å². The summed E-state index contributed by atoms with van der Waals surface area (Å²) in [4.78, 5) is 4.37. The Hall–Kier alpha value is -2.38. The van der Waals surface area contributed by atoms with Crippen molar-refractivity contribution in [2.24, 2.45) is 10.7 Å². The quantitative estimate of drug-likeness (QED) is 0.502. The molecule has 2 aromatic carbocycles. The Morgan fingerprint density at radius 1 is 1.07 bits per heavy atom. The third-order valence-electron chi connectivity index (χ3n) is 3.79. The van der Waals surface area contributed by atoms with Crippen LogP contribution in [0.1, 0.15) is 36.1 Å². The molecule has 2 aromatic rings. The van der Waals surface area contributed by atoms with E-state index in [1.807, 2.05) is 44.2 Å². The van der Waals surface area contributed by atoms with E-state index >= 15 is 0 Å². The normalized spacial score (nSPS) is 12.4. The van der Waals surface area contributed by atoms with Crippen molar-refractivity contribution in [3.63, 3.8) is 0 Å². The molecule has 4 N–H and O–H groups in total. The van der Waals surface area contributed by atoms with Gasteiger partial charge in [0.1, 0.15) is 0 Å². The minimum Gasteiger partial charge on any atom is -0.370 e. The van der Waals surface area contributed by atoms with Gasteiger partial charge in [-0.25, -0.2) is 18.1 Å². The second-order valence-electron chi connectivity index (χ2n) is 7.00. The number of rotatable bonds is 7. The van der Waals surface area contributed by atoms with E-state index in [1.165, 1.54) is 0 Å². The van der Waals surface area contributed by atoms with Crippen molar-refractivity contribution in [2.75, 3.05) is 5.32 Å². The highest BCUT2D eigenvalue weighted by Gasteiger charge is 2.15. The van der Waals surface area contributed by atoms with Crippen LogP contribution in [0.4, 0.5) is 5.69 Å². The zero-order valence-corrected chi connectivity index (χ0v) is 17.1. The molecule has 0 aliphatic rings. The van der Waals surface area contributed by atoms with Crippen LogP contribution in [0, 0.1) is 13.8 Å². The van der Waals surface area contributed by atoms with Crippen LogP contribution in [0.25, 0.3) is 0 Å². The van der Waals surface area contributed by atoms with E-state index in [9.17, 15) is 8.42 Å². The van der Waals surface area contributed by atoms with Gasteiger partial charge in [-0.3, -0.25) is 0 Å². The molecule has 0 fully saturated rings. The Morgan fingerprint density at radius 2 is 1.67 bits per heavy atom. The molecule has 0 aromatic heterocycles. The van der Waals surface area contributed by atoms with Gasteiger partial charge in [0.15, 0.2) is 5.96 Å². The van der Waals surface area contributed by atoms with Crippen LogP contribution in [-0.4, -0.2) is 20.4 Å². The monoisotopic (exact) mass is 388 g/mol. The van der Waals surface area contributed by atoms with Crippen LogP contribution in [0.15, 0.2) is 47.5 Å². The molecule has 0 bridgehead atoms. The number of nitrogens with two attached hydrogens (primary N) is 1. The van der Waals surface area contributed by atoms with Gasteiger partial charge in [0.05, 0.1) is 12.3 Å². The first-order valence-electron chi connectivity index (χ1n) is 8.86.